The number of nitrogens with one attached hydrogen (secondary N) is 1. The number of rotatable bonds is 4. The Morgan fingerprint density at radius 1 is 1.33 bits per heavy atom. The molecule has 0 aromatic carbocycles. The van der Waals surface area contributed by atoms with E-state index in [9.17, 15) is 0 Å². The van der Waals surface area contributed by atoms with Crippen molar-refractivity contribution in [1.29, 1.82) is 0 Å². The quantitative estimate of drug-likeness (QED) is 0.671. The van der Waals surface area contributed by atoms with Crippen LogP contribution in [0.1, 0.15) is 39.0 Å². The summed E-state index contributed by atoms with van der Waals surface area (Å²) in [4.78, 5) is 0. The molecule has 1 rings (SSSR count). The Bertz CT molecular complexity index is 161. The molecule has 1 aliphatic rings. The van der Waals surface area contributed by atoms with Crippen LogP contribution >= 0.6 is 0 Å². The monoisotopic (exact) mass is 168 g/mol. The van der Waals surface area contributed by atoms with E-state index in [0.717, 1.165) is 13.1 Å². The molecule has 3 N–H and O–H groups in total. The van der Waals surface area contributed by atoms with Gasteiger partial charge in [0.2, 0.25) is 0 Å². The smallest absolute Gasteiger partial charge is 0.0267 e. The Kier molecular flexibility index (Phi) is 4.15. The zero-order valence-corrected chi connectivity index (χ0v) is 8.03. The van der Waals surface area contributed by atoms with E-state index in [0.29, 0.717) is 0 Å². The minimum atomic E-state index is 0.737. The standard InChI is InChI=1S/C10H20N2/c1-2-9-5-3-4-6-10(9)12-8-7-11/h12H,2-8,11H2,1H3. The van der Waals surface area contributed by atoms with Crippen LogP contribution in [0.5, 0.6) is 0 Å². The van der Waals surface area contributed by atoms with Crippen molar-refractivity contribution in [2.24, 2.45) is 5.73 Å². The maximum atomic E-state index is 5.45. The van der Waals surface area contributed by atoms with Gasteiger partial charge in [-0.2, -0.15) is 0 Å². The Morgan fingerprint density at radius 2 is 2.08 bits per heavy atom. The van der Waals surface area contributed by atoms with Crippen LogP contribution < -0.4 is 11.1 Å². The third-order valence-electron chi connectivity index (χ3n) is 2.49. The molecule has 0 radical (unpaired) electrons. The lowest BCUT2D eigenvalue weighted by molar-refractivity contribution is 0.604. The van der Waals surface area contributed by atoms with E-state index < -0.39 is 0 Å². The SMILES string of the molecule is CCC1=C(NCCN)CCCC1. The van der Waals surface area contributed by atoms with E-state index in [1.54, 1.807) is 5.57 Å². The highest BCUT2D eigenvalue weighted by molar-refractivity contribution is 5.14. The Hall–Kier alpha value is -0.500. The molecule has 1 aliphatic carbocycles. The first-order chi connectivity index (χ1) is 5.88. The number of hydrogen-bond acceptors (Lipinski definition) is 2. The van der Waals surface area contributed by atoms with E-state index in [-0.39, 0.29) is 0 Å². The second kappa shape index (κ2) is 5.20. The van der Waals surface area contributed by atoms with Gasteiger partial charge in [-0.15, -0.1) is 0 Å². The first-order valence-corrected chi connectivity index (χ1v) is 5.03. The third-order valence-corrected chi connectivity index (χ3v) is 2.49. The maximum absolute atomic E-state index is 5.45. The Morgan fingerprint density at radius 3 is 2.75 bits per heavy atom. The van der Waals surface area contributed by atoms with Gasteiger partial charge in [0, 0.05) is 18.8 Å². The highest BCUT2D eigenvalue weighted by Gasteiger charge is 2.09. The molecule has 0 unspecified atom stereocenters. The molecule has 0 bridgehead atoms. The molecule has 12 heavy (non-hydrogen) atoms. The molecule has 0 aliphatic heterocycles. The van der Waals surface area contributed by atoms with Crippen LogP contribution in [0.25, 0.3) is 0 Å². The molecular weight excluding hydrogens is 148 g/mol. The lowest BCUT2D eigenvalue weighted by atomic mass is 9.94. The van der Waals surface area contributed by atoms with Crippen LogP contribution in [0, 0.1) is 0 Å². The van der Waals surface area contributed by atoms with Gasteiger partial charge in [0.25, 0.3) is 0 Å². The van der Waals surface area contributed by atoms with Gasteiger partial charge in [0.05, 0.1) is 0 Å². The van der Waals surface area contributed by atoms with Gasteiger partial charge in [0.1, 0.15) is 0 Å². The fraction of sp³-hybridized carbons (Fsp3) is 0.800. The molecule has 0 saturated carbocycles. The van der Waals surface area contributed by atoms with E-state index in [1.165, 1.54) is 37.8 Å². The van der Waals surface area contributed by atoms with E-state index in [2.05, 4.69) is 12.2 Å². The summed E-state index contributed by atoms with van der Waals surface area (Å²) in [6.45, 7) is 3.91. The van der Waals surface area contributed by atoms with Crippen molar-refractivity contribution in [3.63, 3.8) is 0 Å². The van der Waals surface area contributed by atoms with Crippen LogP contribution in [0.15, 0.2) is 11.3 Å². The largest absolute Gasteiger partial charge is 0.387 e. The zero-order valence-electron chi connectivity index (χ0n) is 8.03. The van der Waals surface area contributed by atoms with Gasteiger partial charge in [-0.05, 0) is 32.1 Å². The van der Waals surface area contributed by atoms with Crippen molar-refractivity contribution in [3.8, 4) is 0 Å². The molecule has 0 aromatic heterocycles. The average Bonchev–Trinajstić information content (AvgIpc) is 2.15. The summed E-state index contributed by atoms with van der Waals surface area (Å²) in [6, 6.07) is 0. The van der Waals surface area contributed by atoms with E-state index in [4.69, 9.17) is 5.73 Å². The second-order valence-corrected chi connectivity index (χ2v) is 3.36. The number of hydrogen-bond donors (Lipinski definition) is 2. The topological polar surface area (TPSA) is 38.0 Å². The first kappa shape index (κ1) is 9.59. The van der Waals surface area contributed by atoms with E-state index in [1.807, 2.05) is 0 Å². The summed E-state index contributed by atoms with van der Waals surface area (Å²) in [6.07, 6.45) is 6.45. The van der Waals surface area contributed by atoms with Gasteiger partial charge in [0.15, 0.2) is 0 Å². The van der Waals surface area contributed by atoms with Crippen molar-refractivity contribution < 1.29 is 0 Å². The summed E-state index contributed by atoms with van der Waals surface area (Å²) >= 11 is 0. The summed E-state index contributed by atoms with van der Waals surface area (Å²) in [7, 11) is 0. The van der Waals surface area contributed by atoms with Crippen molar-refractivity contribution in [2.75, 3.05) is 13.1 Å². The Labute approximate surface area is 75.2 Å². The fourth-order valence-corrected chi connectivity index (χ4v) is 1.79. The Balaban J connectivity index is 2.48. The molecule has 0 spiro atoms. The second-order valence-electron chi connectivity index (χ2n) is 3.36. The molecule has 0 aromatic rings. The summed E-state index contributed by atoms with van der Waals surface area (Å²) in [5.74, 6) is 0. The van der Waals surface area contributed by atoms with Crippen molar-refractivity contribution >= 4 is 0 Å². The van der Waals surface area contributed by atoms with Crippen molar-refractivity contribution in [3.05, 3.63) is 11.3 Å². The van der Waals surface area contributed by atoms with Crippen LogP contribution in [-0.4, -0.2) is 13.1 Å². The molecular formula is C10H20N2. The summed E-state index contributed by atoms with van der Waals surface area (Å²) < 4.78 is 0. The predicted molar refractivity (Wildman–Crippen MR) is 52.8 cm³/mol. The third kappa shape index (κ3) is 2.52. The van der Waals surface area contributed by atoms with Gasteiger partial charge in [-0.25, -0.2) is 0 Å². The fourth-order valence-electron chi connectivity index (χ4n) is 1.79. The van der Waals surface area contributed by atoms with Crippen LogP contribution in [0.4, 0.5) is 0 Å². The van der Waals surface area contributed by atoms with Gasteiger partial charge < -0.3 is 11.1 Å². The predicted octanol–water partition coefficient (Wildman–Crippen LogP) is 1.77. The highest BCUT2D eigenvalue weighted by atomic mass is 14.9. The van der Waals surface area contributed by atoms with Crippen LogP contribution in [0.2, 0.25) is 0 Å². The minimum Gasteiger partial charge on any atom is -0.387 e. The number of nitrogens with two attached hydrogens (primary N) is 1. The lowest BCUT2D eigenvalue weighted by Gasteiger charge is -2.20. The molecule has 0 saturated heterocycles. The molecule has 70 valence electrons. The lowest BCUT2D eigenvalue weighted by Crippen LogP contribution is -2.24. The maximum Gasteiger partial charge on any atom is 0.0267 e. The summed E-state index contributed by atoms with van der Waals surface area (Å²) in [5.41, 5.74) is 8.55. The molecule has 0 fully saturated rings. The van der Waals surface area contributed by atoms with Crippen LogP contribution in [-0.2, 0) is 0 Å². The zero-order chi connectivity index (χ0) is 8.81. The molecule has 0 amide bonds. The first-order valence-electron chi connectivity index (χ1n) is 5.03. The molecule has 0 heterocycles. The van der Waals surface area contributed by atoms with Crippen molar-refractivity contribution in [2.45, 2.75) is 39.0 Å². The number of allylic oxidation sites excluding steroid dienone is 2. The average molecular weight is 168 g/mol. The van der Waals surface area contributed by atoms with Gasteiger partial charge in [-0.1, -0.05) is 12.5 Å². The minimum absolute atomic E-state index is 0.737. The van der Waals surface area contributed by atoms with Crippen molar-refractivity contribution in [1.82, 2.24) is 5.32 Å². The van der Waals surface area contributed by atoms with Crippen LogP contribution in [0.3, 0.4) is 0 Å². The van der Waals surface area contributed by atoms with Gasteiger partial charge in [-0.3, -0.25) is 0 Å². The highest BCUT2D eigenvalue weighted by Crippen LogP contribution is 2.24. The van der Waals surface area contributed by atoms with Gasteiger partial charge >= 0.3 is 0 Å². The normalized spacial score (nSPS) is 18.2. The molecule has 0 atom stereocenters. The molecule has 2 nitrogen and oxygen atoms in total. The van der Waals surface area contributed by atoms with E-state index >= 15 is 0 Å². The molecule has 2 heteroatoms. The summed E-state index contributed by atoms with van der Waals surface area (Å²) in [5, 5.41) is 3.43.